The van der Waals surface area contributed by atoms with Crippen LogP contribution < -0.4 is 14.8 Å². The van der Waals surface area contributed by atoms with Gasteiger partial charge in [-0.15, -0.1) is 0 Å². The third-order valence-electron chi connectivity index (χ3n) is 3.18. The van der Waals surface area contributed by atoms with Crippen molar-refractivity contribution in [2.45, 2.75) is 32.5 Å². The maximum Gasteiger partial charge on any atom is 0.127 e. The van der Waals surface area contributed by atoms with Crippen molar-refractivity contribution < 1.29 is 14.2 Å². The first-order valence-electron chi connectivity index (χ1n) is 6.09. The fourth-order valence-electron chi connectivity index (χ4n) is 1.64. The van der Waals surface area contributed by atoms with Gasteiger partial charge in [-0.05, 0) is 19.9 Å². The van der Waals surface area contributed by atoms with Crippen LogP contribution in [0.25, 0.3) is 0 Å². The Morgan fingerprint density at radius 3 is 2.39 bits per heavy atom. The van der Waals surface area contributed by atoms with Crippen LogP contribution in [-0.2, 0) is 11.3 Å². The summed E-state index contributed by atoms with van der Waals surface area (Å²) in [6.07, 6.45) is 0.175. The smallest absolute Gasteiger partial charge is 0.127 e. The van der Waals surface area contributed by atoms with Gasteiger partial charge in [0, 0.05) is 31.3 Å². The van der Waals surface area contributed by atoms with E-state index < -0.39 is 0 Å². The van der Waals surface area contributed by atoms with E-state index in [1.54, 1.807) is 21.3 Å². The van der Waals surface area contributed by atoms with E-state index in [4.69, 9.17) is 14.2 Å². The molecule has 4 nitrogen and oxygen atoms in total. The van der Waals surface area contributed by atoms with Gasteiger partial charge < -0.3 is 19.5 Å². The molecule has 2 unspecified atom stereocenters. The highest BCUT2D eigenvalue weighted by atomic mass is 16.5. The minimum absolute atomic E-state index is 0.175. The summed E-state index contributed by atoms with van der Waals surface area (Å²) in [4.78, 5) is 0. The van der Waals surface area contributed by atoms with Crippen LogP contribution in [0.15, 0.2) is 18.2 Å². The van der Waals surface area contributed by atoms with Gasteiger partial charge in [0.25, 0.3) is 0 Å². The Morgan fingerprint density at radius 1 is 1.11 bits per heavy atom. The van der Waals surface area contributed by atoms with E-state index in [1.807, 2.05) is 25.1 Å². The fourth-order valence-corrected chi connectivity index (χ4v) is 1.64. The number of nitrogens with one attached hydrogen (secondary N) is 1. The van der Waals surface area contributed by atoms with Gasteiger partial charge in [-0.25, -0.2) is 0 Å². The minimum Gasteiger partial charge on any atom is -0.497 e. The lowest BCUT2D eigenvalue weighted by molar-refractivity contribution is 0.0881. The maximum atomic E-state index is 5.36. The van der Waals surface area contributed by atoms with E-state index in [0.29, 0.717) is 0 Å². The Hall–Kier alpha value is -1.26. The van der Waals surface area contributed by atoms with Gasteiger partial charge in [-0.2, -0.15) is 0 Å². The number of hydrogen-bond donors (Lipinski definition) is 1. The van der Waals surface area contributed by atoms with Crippen molar-refractivity contribution in [2.24, 2.45) is 0 Å². The Balaban J connectivity index is 2.67. The van der Waals surface area contributed by atoms with Crippen molar-refractivity contribution in [3.63, 3.8) is 0 Å². The summed E-state index contributed by atoms with van der Waals surface area (Å²) in [5, 5.41) is 3.42. The minimum atomic E-state index is 0.175. The molecule has 0 fully saturated rings. The predicted octanol–water partition coefficient (Wildman–Crippen LogP) is 2.22. The second-order valence-electron chi connectivity index (χ2n) is 4.29. The van der Waals surface area contributed by atoms with E-state index in [-0.39, 0.29) is 12.1 Å². The second-order valence-corrected chi connectivity index (χ2v) is 4.29. The molecule has 102 valence electrons. The molecule has 0 aromatic heterocycles. The van der Waals surface area contributed by atoms with Crippen LogP contribution in [-0.4, -0.2) is 33.5 Å². The lowest BCUT2D eigenvalue weighted by atomic mass is 10.1. The van der Waals surface area contributed by atoms with Crippen molar-refractivity contribution >= 4 is 0 Å². The third kappa shape index (κ3) is 3.89. The van der Waals surface area contributed by atoms with E-state index in [0.717, 1.165) is 23.6 Å². The summed E-state index contributed by atoms with van der Waals surface area (Å²) in [7, 11) is 5.03. The molecule has 18 heavy (non-hydrogen) atoms. The fraction of sp³-hybridized carbons (Fsp3) is 0.571. The summed E-state index contributed by atoms with van der Waals surface area (Å²) in [5.74, 6) is 1.63. The van der Waals surface area contributed by atoms with Crippen LogP contribution in [0.3, 0.4) is 0 Å². The van der Waals surface area contributed by atoms with Crippen molar-refractivity contribution in [2.75, 3.05) is 21.3 Å². The zero-order chi connectivity index (χ0) is 13.5. The summed E-state index contributed by atoms with van der Waals surface area (Å²) < 4.78 is 15.8. The first-order valence-corrected chi connectivity index (χ1v) is 6.09. The van der Waals surface area contributed by atoms with Gasteiger partial charge in [0.2, 0.25) is 0 Å². The molecule has 0 heterocycles. The van der Waals surface area contributed by atoms with E-state index in [1.165, 1.54) is 0 Å². The summed E-state index contributed by atoms with van der Waals surface area (Å²) in [6, 6.07) is 6.11. The normalized spacial score (nSPS) is 14.1. The molecule has 0 aliphatic rings. The molecule has 0 aliphatic heterocycles. The summed E-state index contributed by atoms with van der Waals surface area (Å²) >= 11 is 0. The third-order valence-corrected chi connectivity index (χ3v) is 3.18. The van der Waals surface area contributed by atoms with E-state index >= 15 is 0 Å². The van der Waals surface area contributed by atoms with Crippen LogP contribution in [0.4, 0.5) is 0 Å². The summed E-state index contributed by atoms with van der Waals surface area (Å²) in [5.41, 5.74) is 1.11. The molecule has 1 N–H and O–H groups in total. The number of methoxy groups -OCH3 is 3. The monoisotopic (exact) mass is 253 g/mol. The lowest BCUT2D eigenvalue weighted by Gasteiger charge is -2.20. The first-order chi connectivity index (χ1) is 8.62. The molecule has 1 rings (SSSR count). The number of hydrogen-bond acceptors (Lipinski definition) is 4. The van der Waals surface area contributed by atoms with Crippen LogP contribution in [0.5, 0.6) is 11.5 Å². The molecule has 4 heteroatoms. The van der Waals surface area contributed by atoms with Crippen molar-refractivity contribution in [1.29, 1.82) is 0 Å². The maximum absolute atomic E-state index is 5.36. The molecule has 0 aliphatic carbocycles. The Kier molecular flexibility index (Phi) is 5.95. The van der Waals surface area contributed by atoms with Gasteiger partial charge >= 0.3 is 0 Å². The topological polar surface area (TPSA) is 39.7 Å². The average molecular weight is 253 g/mol. The molecule has 0 saturated heterocycles. The lowest BCUT2D eigenvalue weighted by Crippen LogP contribution is -2.36. The molecule has 1 aromatic carbocycles. The highest BCUT2D eigenvalue weighted by Crippen LogP contribution is 2.24. The number of rotatable bonds is 7. The van der Waals surface area contributed by atoms with Crippen molar-refractivity contribution in [1.82, 2.24) is 5.32 Å². The van der Waals surface area contributed by atoms with Crippen LogP contribution in [0.2, 0.25) is 0 Å². The van der Waals surface area contributed by atoms with E-state index in [2.05, 4.69) is 12.2 Å². The zero-order valence-electron chi connectivity index (χ0n) is 11.8. The van der Waals surface area contributed by atoms with Gasteiger partial charge in [0.15, 0.2) is 0 Å². The van der Waals surface area contributed by atoms with Gasteiger partial charge in [0.05, 0.1) is 20.3 Å². The number of ether oxygens (including phenoxy) is 3. The second kappa shape index (κ2) is 7.24. The van der Waals surface area contributed by atoms with E-state index in [9.17, 15) is 0 Å². The SMILES string of the molecule is COc1ccc(CNC(C)C(C)OC)c(OC)c1. The Morgan fingerprint density at radius 2 is 1.83 bits per heavy atom. The average Bonchev–Trinajstić information content (AvgIpc) is 2.43. The van der Waals surface area contributed by atoms with Crippen LogP contribution >= 0.6 is 0 Å². The quantitative estimate of drug-likeness (QED) is 0.809. The van der Waals surface area contributed by atoms with Gasteiger partial charge in [0.1, 0.15) is 11.5 Å². The molecule has 0 spiro atoms. The molecule has 0 amide bonds. The summed E-state index contributed by atoms with van der Waals surface area (Å²) in [6.45, 7) is 4.88. The molecular weight excluding hydrogens is 230 g/mol. The molecule has 2 atom stereocenters. The van der Waals surface area contributed by atoms with Gasteiger partial charge in [-0.1, -0.05) is 6.07 Å². The first kappa shape index (κ1) is 14.8. The zero-order valence-corrected chi connectivity index (χ0v) is 11.8. The Labute approximate surface area is 109 Å². The highest BCUT2D eigenvalue weighted by molar-refractivity contribution is 5.40. The molecule has 0 radical (unpaired) electrons. The standard InChI is InChI=1S/C14H23NO3/c1-10(11(2)16-3)15-9-12-6-7-13(17-4)8-14(12)18-5/h6-8,10-11,15H,9H2,1-5H3. The predicted molar refractivity (Wildman–Crippen MR) is 72.3 cm³/mol. The molecular formula is C14H23NO3. The van der Waals surface area contributed by atoms with Gasteiger partial charge in [-0.3, -0.25) is 0 Å². The highest BCUT2D eigenvalue weighted by Gasteiger charge is 2.12. The van der Waals surface area contributed by atoms with Crippen LogP contribution in [0, 0.1) is 0 Å². The molecule has 0 saturated carbocycles. The Bertz CT molecular complexity index is 368. The van der Waals surface area contributed by atoms with Crippen LogP contribution in [0.1, 0.15) is 19.4 Å². The van der Waals surface area contributed by atoms with Crippen molar-refractivity contribution in [3.8, 4) is 11.5 Å². The number of benzene rings is 1. The largest absolute Gasteiger partial charge is 0.497 e. The molecule has 1 aromatic rings. The van der Waals surface area contributed by atoms with Crippen molar-refractivity contribution in [3.05, 3.63) is 23.8 Å². The molecule has 0 bridgehead atoms.